The molecule has 0 amide bonds. The van der Waals surface area contributed by atoms with Gasteiger partial charge in [-0.25, -0.2) is 13.1 Å². The molecule has 0 unspecified atom stereocenters. The van der Waals surface area contributed by atoms with E-state index in [2.05, 4.69) is 4.72 Å². The quantitative estimate of drug-likeness (QED) is 0.624. The Morgan fingerprint density at radius 3 is 2.50 bits per heavy atom. The summed E-state index contributed by atoms with van der Waals surface area (Å²) >= 11 is 11.3. The number of hydrogen-bond acceptors (Lipinski definition) is 5. The van der Waals surface area contributed by atoms with E-state index in [1.807, 2.05) is 0 Å². The molecular formula is C8H9Cl2N3O4S. The van der Waals surface area contributed by atoms with Gasteiger partial charge in [-0.2, -0.15) is 0 Å². The molecule has 0 aliphatic heterocycles. The molecule has 10 heteroatoms. The van der Waals surface area contributed by atoms with Crippen molar-refractivity contribution in [2.24, 2.45) is 5.73 Å². The van der Waals surface area contributed by atoms with Gasteiger partial charge >= 0.3 is 5.69 Å². The zero-order valence-corrected chi connectivity index (χ0v) is 11.2. The van der Waals surface area contributed by atoms with Gasteiger partial charge in [-0.1, -0.05) is 23.2 Å². The molecule has 0 radical (unpaired) electrons. The Labute approximate surface area is 113 Å². The third kappa shape index (κ3) is 3.09. The summed E-state index contributed by atoms with van der Waals surface area (Å²) in [5, 5.41) is 9.97. The Morgan fingerprint density at radius 2 is 2.00 bits per heavy atom. The van der Waals surface area contributed by atoms with Crippen LogP contribution in [-0.4, -0.2) is 26.4 Å². The van der Waals surface area contributed by atoms with E-state index >= 15 is 0 Å². The van der Waals surface area contributed by atoms with Crippen molar-refractivity contribution in [3.8, 4) is 0 Å². The largest absolute Gasteiger partial charge is 0.329 e. The van der Waals surface area contributed by atoms with Gasteiger partial charge in [0.15, 0.2) is 0 Å². The molecule has 0 aliphatic rings. The zero-order chi connectivity index (χ0) is 13.9. The van der Waals surface area contributed by atoms with Gasteiger partial charge in [0.25, 0.3) is 0 Å². The molecular weight excluding hydrogens is 305 g/mol. The molecule has 3 N–H and O–H groups in total. The normalized spacial score (nSPS) is 11.5. The third-order valence-corrected chi connectivity index (χ3v) is 4.24. The number of nitrogens with two attached hydrogens (primary N) is 1. The van der Waals surface area contributed by atoms with E-state index < -0.39 is 30.6 Å². The fourth-order valence-corrected chi connectivity index (χ4v) is 3.10. The number of hydrogen-bond donors (Lipinski definition) is 2. The van der Waals surface area contributed by atoms with E-state index in [-0.39, 0.29) is 18.1 Å². The van der Waals surface area contributed by atoms with Crippen LogP contribution >= 0.6 is 23.2 Å². The molecule has 1 aromatic carbocycles. The number of benzene rings is 1. The smallest absolute Gasteiger partial charge is 0.307 e. The molecule has 0 bridgehead atoms. The van der Waals surface area contributed by atoms with Crippen molar-refractivity contribution >= 4 is 38.9 Å². The van der Waals surface area contributed by atoms with Gasteiger partial charge in [0, 0.05) is 13.1 Å². The van der Waals surface area contributed by atoms with Crippen LogP contribution in [0.15, 0.2) is 17.0 Å². The lowest BCUT2D eigenvalue weighted by Gasteiger charge is -2.08. The van der Waals surface area contributed by atoms with Crippen LogP contribution < -0.4 is 10.5 Å². The van der Waals surface area contributed by atoms with Crippen LogP contribution in [0.4, 0.5) is 5.69 Å². The second-order valence-corrected chi connectivity index (χ2v) is 5.67. The van der Waals surface area contributed by atoms with Crippen LogP contribution in [0, 0.1) is 10.1 Å². The highest BCUT2D eigenvalue weighted by Crippen LogP contribution is 2.36. The Balaban J connectivity index is 3.36. The van der Waals surface area contributed by atoms with E-state index in [0.717, 1.165) is 12.1 Å². The van der Waals surface area contributed by atoms with Crippen LogP contribution in [0.25, 0.3) is 0 Å². The minimum Gasteiger partial charge on any atom is -0.329 e. The predicted octanol–water partition coefficient (Wildman–Crippen LogP) is 1.14. The van der Waals surface area contributed by atoms with E-state index in [1.54, 1.807) is 0 Å². The third-order valence-electron chi connectivity index (χ3n) is 1.94. The lowest BCUT2D eigenvalue weighted by molar-refractivity contribution is -0.384. The van der Waals surface area contributed by atoms with Gasteiger partial charge in [-0.15, -0.1) is 0 Å². The van der Waals surface area contributed by atoms with Gasteiger partial charge in [0.2, 0.25) is 10.0 Å². The number of nitrogens with one attached hydrogen (secondary N) is 1. The van der Waals surface area contributed by atoms with E-state index in [9.17, 15) is 18.5 Å². The monoisotopic (exact) mass is 313 g/mol. The Bertz CT molecular complexity index is 576. The molecule has 0 fully saturated rings. The van der Waals surface area contributed by atoms with Gasteiger partial charge in [-0.05, 0) is 12.1 Å². The van der Waals surface area contributed by atoms with Crippen molar-refractivity contribution in [2.45, 2.75) is 4.90 Å². The summed E-state index contributed by atoms with van der Waals surface area (Å²) in [6.45, 7) is 0.0849. The first-order valence-electron chi connectivity index (χ1n) is 4.63. The molecule has 0 heterocycles. The molecule has 1 rings (SSSR count). The number of halogens is 2. The average molecular weight is 314 g/mol. The fourth-order valence-electron chi connectivity index (χ4n) is 1.17. The zero-order valence-electron chi connectivity index (χ0n) is 8.89. The van der Waals surface area contributed by atoms with Crippen molar-refractivity contribution < 1.29 is 13.3 Å². The van der Waals surface area contributed by atoms with Crippen molar-refractivity contribution in [1.82, 2.24) is 4.72 Å². The summed E-state index contributed by atoms with van der Waals surface area (Å²) in [6, 6.07) is 2.19. The molecule has 7 nitrogen and oxygen atoms in total. The molecule has 0 aromatic heterocycles. The van der Waals surface area contributed by atoms with Gasteiger partial charge < -0.3 is 5.73 Å². The van der Waals surface area contributed by atoms with Crippen molar-refractivity contribution in [3.63, 3.8) is 0 Å². The summed E-state index contributed by atoms with van der Waals surface area (Å²) in [6.07, 6.45) is 0. The molecule has 0 saturated carbocycles. The summed E-state index contributed by atoms with van der Waals surface area (Å²) in [7, 11) is -3.95. The Morgan fingerprint density at radius 1 is 1.39 bits per heavy atom. The second-order valence-electron chi connectivity index (χ2n) is 3.15. The molecule has 0 spiro atoms. The number of nitro groups is 1. The van der Waals surface area contributed by atoms with Gasteiger partial charge in [0.1, 0.15) is 14.9 Å². The predicted molar refractivity (Wildman–Crippen MR) is 67.4 cm³/mol. The standard InChI is InChI=1S/C8H9Cl2N3O4S/c9-5-1-2-6(7(10)8(5)13(14)15)18(16,17)12-4-3-11/h1-2,12H,3-4,11H2. The molecule has 1 aromatic rings. The molecule has 18 heavy (non-hydrogen) atoms. The first kappa shape index (κ1) is 15.1. The maximum Gasteiger partial charge on any atom is 0.307 e. The van der Waals surface area contributed by atoms with Gasteiger partial charge in [0.05, 0.1) is 4.92 Å². The summed E-state index contributed by atoms with van der Waals surface area (Å²) < 4.78 is 25.7. The molecule has 0 atom stereocenters. The van der Waals surface area contributed by atoms with Crippen molar-refractivity contribution in [1.29, 1.82) is 0 Å². The van der Waals surface area contributed by atoms with E-state index in [4.69, 9.17) is 28.9 Å². The lowest BCUT2D eigenvalue weighted by atomic mass is 10.3. The summed E-state index contributed by atoms with van der Waals surface area (Å²) in [5.74, 6) is 0. The van der Waals surface area contributed by atoms with Crippen LogP contribution in [0.2, 0.25) is 10.0 Å². The maximum atomic E-state index is 11.8. The average Bonchev–Trinajstić information content (AvgIpc) is 2.25. The Hall–Kier alpha value is -0.930. The van der Waals surface area contributed by atoms with Crippen LogP contribution in [0.1, 0.15) is 0 Å². The van der Waals surface area contributed by atoms with Crippen molar-refractivity contribution in [3.05, 3.63) is 32.3 Å². The van der Waals surface area contributed by atoms with Crippen LogP contribution in [-0.2, 0) is 10.0 Å². The number of nitro benzene ring substituents is 1. The highest BCUT2D eigenvalue weighted by Gasteiger charge is 2.27. The minimum atomic E-state index is -3.95. The fraction of sp³-hybridized carbons (Fsp3) is 0.250. The Kier molecular flexibility index (Phi) is 4.88. The highest BCUT2D eigenvalue weighted by molar-refractivity contribution is 7.89. The first-order valence-corrected chi connectivity index (χ1v) is 6.87. The lowest BCUT2D eigenvalue weighted by Crippen LogP contribution is -2.29. The SMILES string of the molecule is NCCNS(=O)(=O)c1ccc(Cl)c([N+](=O)[O-])c1Cl. The van der Waals surface area contributed by atoms with Crippen molar-refractivity contribution in [2.75, 3.05) is 13.1 Å². The van der Waals surface area contributed by atoms with E-state index in [0.29, 0.717) is 0 Å². The summed E-state index contributed by atoms with van der Waals surface area (Å²) in [5.41, 5.74) is 4.52. The second kappa shape index (κ2) is 5.81. The molecule has 0 aliphatic carbocycles. The number of sulfonamides is 1. The van der Waals surface area contributed by atoms with Crippen LogP contribution in [0.3, 0.4) is 0 Å². The molecule has 0 saturated heterocycles. The minimum absolute atomic E-state index is 0.00487. The van der Waals surface area contributed by atoms with Gasteiger partial charge in [-0.3, -0.25) is 10.1 Å². The first-order chi connectivity index (χ1) is 8.31. The highest BCUT2D eigenvalue weighted by atomic mass is 35.5. The molecule has 100 valence electrons. The maximum absolute atomic E-state index is 11.8. The number of rotatable bonds is 5. The summed E-state index contributed by atoms with van der Waals surface area (Å²) in [4.78, 5) is 9.49. The van der Waals surface area contributed by atoms with Crippen LogP contribution in [0.5, 0.6) is 0 Å². The van der Waals surface area contributed by atoms with E-state index in [1.165, 1.54) is 0 Å². The number of nitrogens with zero attached hydrogens (tertiary/aromatic N) is 1. The topological polar surface area (TPSA) is 115 Å².